The van der Waals surface area contributed by atoms with Gasteiger partial charge in [0.15, 0.2) is 0 Å². The van der Waals surface area contributed by atoms with Crippen LogP contribution in [0.25, 0.3) is 5.70 Å². The van der Waals surface area contributed by atoms with Gasteiger partial charge in [0.05, 0.1) is 0 Å². The lowest BCUT2D eigenvalue weighted by Gasteiger charge is -2.19. The number of Topliss-reactive ketones (excluding diaryl/α,β-unsaturated/α-hetero) is 1. The molecular weight excluding hydrogens is 214 g/mol. The molecule has 3 nitrogen and oxygen atoms in total. The minimum atomic E-state index is -0.178. The third kappa shape index (κ3) is 2.28. The summed E-state index contributed by atoms with van der Waals surface area (Å²) >= 11 is 0. The summed E-state index contributed by atoms with van der Waals surface area (Å²) < 4.78 is 0. The van der Waals surface area contributed by atoms with Gasteiger partial charge in [-0.05, 0) is 12.5 Å². The number of benzene rings is 1. The van der Waals surface area contributed by atoms with Gasteiger partial charge in [0.2, 0.25) is 5.91 Å². The van der Waals surface area contributed by atoms with Gasteiger partial charge in [-0.3, -0.25) is 9.59 Å². The van der Waals surface area contributed by atoms with E-state index in [4.69, 9.17) is 0 Å². The van der Waals surface area contributed by atoms with E-state index in [1.165, 1.54) is 6.92 Å². The molecule has 0 radical (unpaired) electrons. The zero-order chi connectivity index (χ0) is 12.4. The zero-order valence-electron chi connectivity index (χ0n) is 9.85. The van der Waals surface area contributed by atoms with E-state index in [0.29, 0.717) is 18.7 Å². The van der Waals surface area contributed by atoms with Gasteiger partial charge in [-0.15, -0.1) is 0 Å². The van der Waals surface area contributed by atoms with Crippen LogP contribution in [0.4, 0.5) is 0 Å². The van der Waals surface area contributed by atoms with Crippen molar-refractivity contribution < 1.29 is 9.59 Å². The molecule has 1 aromatic rings. The highest BCUT2D eigenvalue weighted by Gasteiger charge is 2.33. The van der Waals surface area contributed by atoms with Crippen molar-refractivity contribution in [2.24, 2.45) is 5.92 Å². The van der Waals surface area contributed by atoms with E-state index >= 15 is 0 Å². The van der Waals surface area contributed by atoms with Gasteiger partial charge in [0, 0.05) is 24.6 Å². The number of likely N-dealkylation sites (tertiary alicyclic amines) is 1. The van der Waals surface area contributed by atoms with Crippen molar-refractivity contribution in [1.82, 2.24) is 4.90 Å². The van der Waals surface area contributed by atoms with Crippen molar-refractivity contribution >= 4 is 17.4 Å². The lowest BCUT2D eigenvalue weighted by molar-refractivity contribution is -0.126. The lowest BCUT2D eigenvalue weighted by Crippen LogP contribution is -2.23. The van der Waals surface area contributed by atoms with Crippen LogP contribution >= 0.6 is 0 Å². The van der Waals surface area contributed by atoms with Crippen molar-refractivity contribution in [2.45, 2.75) is 13.3 Å². The number of hydrogen-bond acceptors (Lipinski definition) is 2. The SMILES string of the molecule is C=C(c1ccccc1)N1C[C@@H](C(C)=O)CC1=O. The number of hydrogen-bond donors (Lipinski definition) is 0. The van der Waals surface area contributed by atoms with Crippen molar-refractivity contribution in [2.75, 3.05) is 6.54 Å². The molecule has 3 heteroatoms. The van der Waals surface area contributed by atoms with E-state index < -0.39 is 0 Å². The van der Waals surface area contributed by atoms with Crippen LogP contribution in [0.3, 0.4) is 0 Å². The van der Waals surface area contributed by atoms with Gasteiger partial charge in [-0.25, -0.2) is 0 Å². The first kappa shape index (κ1) is 11.6. The molecule has 1 saturated heterocycles. The number of amides is 1. The van der Waals surface area contributed by atoms with Crippen molar-refractivity contribution in [1.29, 1.82) is 0 Å². The van der Waals surface area contributed by atoms with Gasteiger partial charge >= 0.3 is 0 Å². The summed E-state index contributed by atoms with van der Waals surface area (Å²) in [6, 6.07) is 9.56. The van der Waals surface area contributed by atoms with Crippen LogP contribution in [0.5, 0.6) is 0 Å². The van der Waals surface area contributed by atoms with Gasteiger partial charge in [0.1, 0.15) is 5.78 Å². The van der Waals surface area contributed by atoms with E-state index in [9.17, 15) is 9.59 Å². The highest BCUT2D eigenvalue weighted by molar-refractivity contribution is 5.94. The fourth-order valence-electron chi connectivity index (χ4n) is 2.03. The van der Waals surface area contributed by atoms with E-state index in [2.05, 4.69) is 6.58 Å². The second-order valence-corrected chi connectivity index (χ2v) is 4.33. The van der Waals surface area contributed by atoms with Crippen LogP contribution in [0, 0.1) is 5.92 Å². The number of rotatable bonds is 3. The number of carbonyl (C=O) groups excluding carboxylic acids is 2. The summed E-state index contributed by atoms with van der Waals surface area (Å²) in [7, 11) is 0. The predicted molar refractivity (Wildman–Crippen MR) is 66.0 cm³/mol. The average Bonchev–Trinajstić information content (AvgIpc) is 2.72. The normalized spacial score (nSPS) is 19.5. The number of carbonyl (C=O) groups is 2. The fraction of sp³-hybridized carbons (Fsp3) is 0.286. The van der Waals surface area contributed by atoms with Crippen molar-refractivity contribution in [3.8, 4) is 0 Å². The Hall–Kier alpha value is -1.90. The Labute approximate surface area is 101 Å². The summed E-state index contributed by atoms with van der Waals surface area (Å²) in [5.41, 5.74) is 1.60. The summed E-state index contributed by atoms with van der Waals surface area (Å²) in [5.74, 6) is -0.122. The molecule has 1 fully saturated rings. The van der Waals surface area contributed by atoms with Crippen LogP contribution in [0.1, 0.15) is 18.9 Å². The highest BCUT2D eigenvalue weighted by Crippen LogP contribution is 2.26. The van der Waals surface area contributed by atoms with Gasteiger partial charge in [0.25, 0.3) is 0 Å². The monoisotopic (exact) mass is 229 g/mol. The molecule has 0 aromatic heterocycles. The molecule has 0 unspecified atom stereocenters. The van der Waals surface area contributed by atoms with Crippen LogP contribution in [0.2, 0.25) is 0 Å². The molecule has 88 valence electrons. The molecule has 0 N–H and O–H groups in total. The van der Waals surface area contributed by atoms with Crippen LogP contribution < -0.4 is 0 Å². The summed E-state index contributed by atoms with van der Waals surface area (Å²) in [6.07, 6.45) is 0.307. The van der Waals surface area contributed by atoms with Gasteiger partial charge < -0.3 is 4.90 Å². The fourth-order valence-corrected chi connectivity index (χ4v) is 2.03. The molecule has 1 atom stereocenters. The quantitative estimate of drug-likeness (QED) is 0.796. The van der Waals surface area contributed by atoms with Gasteiger partial charge in [-0.2, -0.15) is 0 Å². The van der Waals surface area contributed by atoms with E-state index in [0.717, 1.165) is 5.56 Å². The molecule has 2 rings (SSSR count). The first-order valence-electron chi connectivity index (χ1n) is 5.64. The zero-order valence-corrected chi connectivity index (χ0v) is 9.85. The Morgan fingerprint density at radius 2 is 2.00 bits per heavy atom. The maximum Gasteiger partial charge on any atom is 0.227 e. The highest BCUT2D eigenvalue weighted by atomic mass is 16.2. The molecule has 1 amide bonds. The molecule has 0 saturated carbocycles. The summed E-state index contributed by atoms with van der Waals surface area (Å²) in [6.45, 7) is 5.94. The smallest absolute Gasteiger partial charge is 0.227 e. The van der Waals surface area contributed by atoms with Crippen LogP contribution in [-0.2, 0) is 9.59 Å². The Balaban J connectivity index is 2.17. The summed E-state index contributed by atoms with van der Waals surface area (Å²) in [4.78, 5) is 24.7. The topological polar surface area (TPSA) is 37.4 Å². The minimum absolute atomic E-state index is 0.0148. The maximum absolute atomic E-state index is 11.8. The summed E-state index contributed by atoms with van der Waals surface area (Å²) in [5, 5.41) is 0. The first-order valence-corrected chi connectivity index (χ1v) is 5.64. The molecule has 1 aromatic carbocycles. The first-order chi connectivity index (χ1) is 8.09. The molecule has 0 bridgehead atoms. The third-order valence-corrected chi connectivity index (χ3v) is 3.13. The average molecular weight is 229 g/mol. The Bertz CT molecular complexity index is 464. The van der Waals surface area contributed by atoms with E-state index in [-0.39, 0.29) is 17.6 Å². The second kappa shape index (κ2) is 4.53. The Kier molecular flexibility index (Phi) is 3.09. The minimum Gasteiger partial charge on any atom is -0.312 e. The predicted octanol–water partition coefficient (Wildman–Crippen LogP) is 2.09. The number of nitrogens with zero attached hydrogens (tertiary/aromatic N) is 1. The van der Waals surface area contributed by atoms with Crippen molar-refractivity contribution in [3.63, 3.8) is 0 Å². The Morgan fingerprint density at radius 3 is 2.53 bits per heavy atom. The third-order valence-electron chi connectivity index (χ3n) is 3.13. The van der Waals surface area contributed by atoms with Crippen LogP contribution in [0.15, 0.2) is 36.9 Å². The standard InChI is InChI=1S/C14H15NO2/c1-10(12-6-4-3-5-7-12)15-9-13(11(2)16)8-14(15)17/h3-7,13H,1,8-9H2,2H3/t13-/m0/s1. The lowest BCUT2D eigenvalue weighted by atomic mass is 10.1. The number of ketones is 1. The molecule has 1 aliphatic rings. The van der Waals surface area contributed by atoms with Crippen molar-refractivity contribution in [3.05, 3.63) is 42.5 Å². The molecule has 0 spiro atoms. The maximum atomic E-state index is 11.8. The molecule has 1 aliphatic heterocycles. The molecule has 0 aliphatic carbocycles. The molecule has 17 heavy (non-hydrogen) atoms. The van der Waals surface area contributed by atoms with Crippen LogP contribution in [-0.4, -0.2) is 23.1 Å². The van der Waals surface area contributed by atoms with E-state index in [1.807, 2.05) is 30.3 Å². The largest absolute Gasteiger partial charge is 0.312 e. The Morgan fingerprint density at radius 1 is 1.35 bits per heavy atom. The molecule has 1 heterocycles. The second-order valence-electron chi connectivity index (χ2n) is 4.33. The van der Waals surface area contributed by atoms with E-state index in [1.54, 1.807) is 4.90 Å². The van der Waals surface area contributed by atoms with Gasteiger partial charge in [-0.1, -0.05) is 36.9 Å². The molecular formula is C14H15NO2.